The van der Waals surface area contributed by atoms with Crippen molar-refractivity contribution >= 4 is 11.5 Å². The summed E-state index contributed by atoms with van der Waals surface area (Å²) in [5.41, 5.74) is 0.0571. The molecule has 3 fully saturated rings. The van der Waals surface area contributed by atoms with E-state index in [-0.39, 0.29) is 5.69 Å². The molecular weight excluding hydrogens is 232 g/mol. The van der Waals surface area contributed by atoms with Crippen LogP contribution in [0.1, 0.15) is 12.8 Å². The molecular formula is C12H16N4O2. The van der Waals surface area contributed by atoms with Gasteiger partial charge in [-0.3, -0.25) is 10.1 Å². The Balaban J connectivity index is 1.83. The Morgan fingerprint density at radius 3 is 2.61 bits per heavy atom. The fourth-order valence-corrected chi connectivity index (χ4v) is 2.84. The molecule has 0 aliphatic carbocycles. The van der Waals surface area contributed by atoms with E-state index in [0.717, 1.165) is 32.0 Å². The van der Waals surface area contributed by atoms with Crippen LogP contribution in [0.4, 0.5) is 11.5 Å². The fourth-order valence-electron chi connectivity index (χ4n) is 2.84. The highest BCUT2D eigenvalue weighted by molar-refractivity contribution is 5.44. The molecule has 4 heterocycles. The molecule has 3 aliphatic rings. The number of fused-ring (bicyclic) bond motifs is 4. The van der Waals surface area contributed by atoms with Crippen LogP contribution in [0.25, 0.3) is 0 Å². The Morgan fingerprint density at radius 1 is 1.22 bits per heavy atom. The Hall–Kier alpha value is -1.69. The summed E-state index contributed by atoms with van der Waals surface area (Å²) in [5.74, 6) is 0.870. The van der Waals surface area contributed by atoms with Crippen molar-refractivity contribution in [3.8, 4) is 0 Å². The molecule has 3 saturated heterocycles. The summed E-state index contributed by atoms with van der Waals surface area (Å²) < 4.78 is 0. The van der Waals surface area contributed by atoms with Crippen LogP contribution in [0.5, 0.6) is 0 Å². The molecule has 0 amide bonds. The number of rotatable bonds is 2. The van der Waals surface area contributed by atoms with Gasteiger partial charge in [-0.2, -0.15) is 0 Å². The van der Waals surface area contributed by atoms with Gasteiger partial charge >= 0.3 is 0 Å². The maximum atomic E-state index is 10.6. The van der Waals surface area contributed by atoms with E-state index >= 15 is 0 Å². The SMILES string of the molecule is O=[N+]([O-])c1ccc(N2CCN3CCC2CC3)nc1. The molecule has 6 heteroatoms. The highest BCUT2D eigenvalue weighted by atomic mass is 16.6. The zero-order valence-corrected chi connectivity index (χ0v) is 10.2. The van der Waals surface area contributed by atoms with Gasteiger partial charge in [0.2, 0.25) is 0 Å². The summed E-state index contributed by atoms with van der Waals surface area (Å²) >= 11 is 0. The second kappa shape index (κ2) is 4.53. The fraction of sp³-hybridized carbons (Fsp3) is 0.583. The smallest absolute Gasteiger partial charge is 0.287 e. The number of hydrogen-bond donors (Lipinski definition) is 0. The van der Waals surface area contributed by atoms with E-state index in [1.54, 1.807) is 12.1 Å². The average molecular weight is 248 g/mol. The average Bonchev–Trinajstić information content (AvgIpc) is 2.72. The van der Waals surface area contributed by atoms with Crippen LogP contribution in [0.15, 0.2) is 18.3 Å². The molecule has 0 aromatic carbocycles. The summed E-state index contributed by atoms with van der Waals surface area (Å²) in [4.78, 5) is 19.2. The maximum absolute atomic E-state index is 10.6. The highest BCUT2D eigenvalue weighted by Crippen LogP contribution is 2.26. The van der Waals surface area contributed by atoms with E-state index in [1.165, 1.54) is 19.0 Å². The second-order valence-corrected chi connectivity index (χ2v) is 4.90. The number of piperidine rings is 1. The van der Waals surface area contributed by atoms with Crippen LogP contribution in [-0.4, -0.2) is 47.0 Å². The van der Waals surface area contributed by atoms with Gasteiger partial charge in [0.1, 0.15) is 12.0 Å². The van der Waals surface area contributed by atoms with Gasteiger partial charge in [-0.05, 0) is 18.9 Å². The molecule has 4 rings (SSSR count). The van der Waals surface area contributed by atoms with Crippen LogP contribution < -0.4 is 4.90 Å². The van der Waals surface area contributed by atoms with Crippen LogP contribution in [0.2, 0.25) is 0 Å². The monoisotopic (exact) mass is 248 g/mol. The number of nitro groups is 1. The van der Waals surface area contributed by atoms with Gasteiger partial charge in [0, 0.05) is 38.3 Å². The molecule has 0 saturated carbocycles. The third kappa shape index (κ3) is 2.03. The normalized spacial score (nSPS) is 27.0. The van der Waals surface area contributed by atoms with Crippen LogP contribution in [0, 0.1) is 10.1 Å². The summed E-state index contributed by atoms with van der Waals surface area (Å²) in [7, 11) is 0. The Labute approximate surface area is 105 Å². The molecule has 18 heavy (non-hydrogen) atoms. The first-order valence-electron chi connectivity index (χ1n) is 6.33. The molecule has 1 aromatic rings. The minimum atomic E-state index is -0.406. The topological polar surface area (TPSA) is 62.5 Å². The van der Waals surface area contributed by atoms with Gasteiger partial charge in [-0.1, -0.05) is 0 Å². The van der Waals surface area contributed by atoms with Crippen LogP contribution in [0.3, 0.4) is 0 Å². The van der Waals surface area contributed by atoms with E-state index in [4.69, 9.17) is 0 Å². The maximum Gasteiger partial charge on any atom is 0.287 e. The van der Waals surface area contributed by atoms with E-state index < -0.39 is 4.92 Å². The summed E-state index contributed by atoms with van der Waals surface area (Å²) in [6.07, 6.45) is 3.68. The van der Waals surface area contributed by atoms with Crippen LogP contribution in [-0.2, 0) is 0 Å². The van der Waals surface area contributed by atoms with Gasteiger partial charge < -0.3 is 9.80 Å². The highest BCUT2D eigenvalue weighted by Gasteiger charge is 2.29. The molecule has 0 radical (unpaired) electrons. The number of hydrogen-bond acceptors (Lipinski definition) is 5. The zero-order chi connectivity index (χ0) is 12.5. The third-order valence-corrected chi connectivity index (χ3v) is 3.89. The van der Waals surface area contributed by atoms with Crippen molar-refractivity contribution in [3.05, 3.63) is 28.4 Å². The standard InChI is InChI=1S/C12H16N4O2/c17-16(18)11-1-2-12(13-9-11)15-8-7-14-5-3-10(15)4-6-14/h1-2,9-10H,3-8H2. The van der Waals surface area contributed by atoms with E-state index in [9.17, 15) is 10.1 Å². The molecule has 0 atom stereocenters. The Morgan fingerprint density at radius 2 is 2.00 bits per heavy atom. The van der Waals surface area contributed by atoms with E-state index in [0.29, 0.717) is 6.04 Å². The molecule has 6 nitrogen and oxygen atoms in total. The number of nitrogens with zero attached hydrogens (tertiary/aromatic N) is 4. The van der Waals surface area contributed by atoms with Gasteiger partial charge in [0.25, 0.3) is 5.69 Å². The Bertz CT molecular complexity index is 440. The number of aromatic nitrogens is 1. The van der Waals surface area contributed by atoms with Crippen molar-refractivity contribution in [1.82, 2.24) is 9.88 Å². The van der Waals surface area contributed by atoms with E-state index in [1.807, 2.05) is 0 Å². The van der Waals surface area contributed by atoms with Crippen molar-refractivity contribution in [2.24, 2.45) is 0 Å². The third-order valence-electron chi connectivity index (χ3n) is 3.89. The lowest BCUT2D eigenvalue weighted by Crippen LogP contribution is -2.38. The summed E-state index contributed by atoms with van der Waals surface area (Å²) in [6, 6.07) is 3.85. The minimum Gasteiger partial charge on any atom is -0.352 e. The summed E-state index contributed by atoms with van der Waals surface area (Å²) in [6.45, 7) is 4.35. The van der Waals surface area contributed by atoms with Crippen molar-refractivity contribution in [2.75, 3.05) is 31.1 Å². The molecule has 0 unspecified atom stereocenters. The quantitative estimate of drug-likeness (QED) is 0.582. The van der Waals surface area contributed by atoms with Gasteiger partial charge in [-0.15, -0.1) is 0 Å². The van der Waals surface area contributed by atoms with Gasteiger partial charge in [-0.25, -0.2) is 4.98 Å². The lowest BCUT2D eigenvalue weighted by atomic mass is 10.1. The number of anilines is 1. The van der Waals surface area contributed by atoms with Crippen molar-refractivity contribution in [3.63, 3.8) is 0 Å². The second-order valence-electron chi connectivity index (χ2n) is 4.90. The largest absolute Gasteiger partial charge is 0.352 e. The molecule has 1 aromatic heterocycles. The predicted octanol–water partition coefficient (Wildman–Crippen LogP) is 1.27. The minimum absolute atomic E-state index is 0.0571. The molecule has 0 spiro atoms. The lowest BCUT2D eigenvalue weighted by molar-refractivity contribution is -0.385. The zero-order valence-electron chi connectivity index (χ0n) is 10.2. The van der Waals surface area contributed by atoms with Crippen molar-refractivity contribution in [2.45, 2.75) is 18.9 Å². The molecule has 3 aliphatic heterocycles. The van der Waals surface area contributed by atoms with Crippen molar-refractivity contribution < 1.29 is 4.92 Å². The molecule has 0 N–H and O–H groups in total. The van der Waals surface area contributed by atoms with Gasteiger partial charge in [0.05, 0.1) is 4.92 Å². The lowest BCUT2D eigenvalue weighted by Gasteiger charge is -2.32. The first-order valence-corrected chi connectivity index (χ1v) is 6.33. The summed E-state index contributed by atoms with van der Waals surface area (Å²) in [5, 5.41) is 10.6. The van der Waals surface area contributed by atoms with E-state index in [2.05, 4.69) is 14.8 Å². The van der Waals surface area contributed by atoms with Gasteiger partial charge in [0.15, 0.2) is 0 Å². The van der Waals surface area contributed by atoms with Crippen molar-refractivity contribution in [1.29, 1.82) is 0 Å². The molecule has 96 valence electrons. The number of pyridine rings is 1. The Kier molecular flexibility index (Phi) is 2.87. The first kappa shape index (κ1) is 11.4. The predicted molar refractivity (Wildman–Crippen MR) is 67.7 cm³/mol. The van der Waals surface area contributed by atoms with Crippen LogP contribution >= 0.6 is 0 Å². The molecule has 2 bridgehead atoms. The first-order chi connectivity index (χ1) is 8.74.